The summed E-state index contributed by atoms with van der Waals surface area (Å²) in [5, 5.41) is 19.4. The number of halogens is 3. The van der Waals surface area contributed by atoms with E-state index in [1.165, 1.54) is 13.0 Å². The van der Waals surface area contributed by atoms with Crippen molar-refractivity contribution < 1.29 is 28.0 Å². The molecule has 1 rings (SSSR count). The lowest BCUT2D eigenvalue weighted by atomic mass is 10.1. The van der Waals surface area contributed by atoms with Crippen molar-refractivity contribution >= 4 is 11.6 Å². The molecular weight excluding hydrogens is 293 g/mol. The van der Waals surface area contributed by atoms with Crippen molar-refractivity contribution in [2.75, 3.05) is 19.7 Å². The molecule has 0 saturated heterocycles. The molecule has 1 amide bonds. The van der Waals surface area contributed by atoms with Crippen LogP contribution in [0.2, 0.25) is 0 Å². The van der Waals surface area contributed by atoms with Crippen molar-refractivity contribution in [3.63, 3.8) is 0 Å². The third-order valence-corrected chi connectivity index (χ3v) is 2.69. The van der Waals surface area contributed by atoms with Gasteiger partial charge in [0.1, 0.15) is 6.54 Å². The first-order valence-corrected chi connectivity index (χ1v) is 5.87. The maximum atomic E-state index is 12.4. The number of rotatable bonds is 5. The number of carbonyl (C=O) groups is 1. The molecule has 21 heavy (non-hydrogen) atoms. The fourth-order valence-corrected chi connectivity index (χ4v) is 1.71. The Hall–Kier alpha value is -2.16. The largest absolute Gasteiger partial charge is 0.406 e. The summed E-state index contributed by atoms with van der Waals surface area (Å²) >= 11 is 0. The molecule has 0 saturated carbocycles. The van der Waals surface area contributed by atoms with Gasteiger partial charge in [0.2, 0.25) is 0 Å². The minimum Gasteiger partial charge on any atom is -0.395 e. The Morgan fingerprint density at radius 1 is 1.43 bits per heavy atom. The van der Waals surface area contributed by atoms with Gasteiger partial charge in [0, 0.05) is 24.2 Å². The monoisotopic (exact) mass is 306 g/mol. The zero-order valence-electron chi connectivity index (χ0n) is 11.1. The predicted octanol–water partition coefficient (Wildman–Crippen LogP) is 1.90. The first kappa shape index (κ1) is 16.9. The highest BCUT2D eigenvalue weighted by Gasteiger charge is 2.33. The van der Waals surface area contributed by atoms with Crippen LogP contribution in [0, 0.1) is 17.0 Å². The Morgan fingerprint density at radius 2 is 2.05 bits per heavy atom. The molecule has 0 spiro atoms. The number of carbonyl (C=O) groups excluding carboxylic acids is 1. The number of aliphatic hydroxyl groups excluding tert-OH is 1. The third-order valence-electron chi connectivity index (χ3n) is 2.69. The average Bonchev–Trinajstić information content (AvgIpc) is 2.36. The molecule has 0 unspecified atom stereocenters. The Balaban J connectivity index is 3.13. The van der Waals surface area contributed by atoms with E-state index in [2.05, 4.69) is 0 Å². The molecule has 0 bridgehead atoms. The number of nitro benzene ring substituents is 1. The van der Waals surface area contributed by atoms with E-state index in [1.54, 1.807) is 0 Å². The quantitative estimate of drug-likeness (QED) is 0.665. The van der Waals surface area contributed by atoms with Crippen molar-refractivity contribution in [2.45, 2.75) is 13.1 Å². The number of benzene rings is 1. The zero-order chi connectivity index (χ0) is 16.2. The van der Waals surface area contributed by atoms with Crippen LogP contribution >= 0.6 is 0 Å². The van der Waals surface area contributed by atoms with Crippen LogP contribution in [0.1, 0.15) is 15.9 Å². The molecule has 0 fully saturated rings. The first-order valence-electron chi connectivity index (χ1n) is 5.87. The summed E-state index contributed by atoms with van der Waals surface area (Å²) in [6, 6.07) is 3.38. The second kappa shape index (κ2) is 6.53. The summed E-state index contributed by atoms with van der Waals surface area (Å²) in [6.07, 6.45) is -4.63. The third kappa shape index (κ3) is 4.71. The average molecular weight is 306 g/mol. The van der Waals surface area contributed by atoms with E-state index in [4.69, 9.17) is 5.11 Å². The van der Waals surface area contributed by atoms with Crippen LogP contribution in [0.4, 0.5) is 18.9 Å². The maximum absolute atomic E-state index is 12.4. The second-order valence-electron chi connectivity index (χ2n) is 4.32. The molecule has 0 aliphatic carbocycles. The number of aryl methyl sites for hydroxylation is 1. The Bertz CT molecular complexity index is 546. The molecule has 1 N–H and O–H groups in total. The fraction of sp³-hybridized carbons (Fsp3) is 0.417. The standard InChI is InChI=1S/C12H13F3N2O4/c1-8-2-3-9(17(20)21)6-10(8)11(19)16(4-5-18)7-12(13,14)15/h2-3,6,18H,4-5,7H2,1H3. The number of aliphatic hydroxyl groups is 1. The van der Waals surface area contributed by atoms with Gasteiger partial charge in [-0.2, -0.15) is 13.2 Å². The lowest BCUT2D eigenvalue weighted by Crippen LogP contribution is -2.40. The van der Waals surface area contributed by atoms with Gasteiger partial charge in [-0.15, -0.1) is 0 Å². The second-order valence-corrected chi connectivity index (χ2v) is 4.32. The number of alkyl halides is 3. The first-order chi connectivity index (χ1) is 9.65. The van der Waals surface area contributed by atoms with E-state index >= 15 is 0 Å². The van der Waals surface area contributed by atoms with Crippen LogP contribution < -0.4 is 0 Å². The van der Waals surface area contributed by atoms with Crippen molar-refractivity contribution in [2.24, 2.45) is 0 Å². The number of nitrogens with zero attached hydrogens (tertiary/aromatic N) is 2. The minimum atomic E-state index is -4.63. The van der Waals surface area contributed by atoms with Crippen LogP contribution in [-0.4, -0.2) is 46.7 Å². The van der Waals surface area contributed by atoms with Gasteiger partial charge in [0.05, 0.1) is 11.5 Å². The number of hydrogen-bond acceptors (Lipinski definition) is 4. The number of amides is 1. The van der Waals surface area contributed by atoms with Gasteiger partial charge in [-0.1, -0.05) is 6.07 Å². The molecule has 0 aliphatic rings. The summed E-state index contributed by atoms with van der Waals surface area (Å²) in [6.45, 7) is -1.23. The summed E-state index contributed by atoms with van der Waals surface area (Å²) < 4.78 is 37.3. The van der Waals surface area contributed by atoms with E-state index in [9.17, 15) is 28.1 Å². The highest BCUT2D eigenvalue weighted by molar-refractivity contribution is 5.96. The van der Waals surface area contributed by atoms with Crippen LogP contribution in [0.25, 0.3) is 0 Å². The number of non-ortho nitro benzene ring substituents is 1. The molecule has 0 atom stereocenters. The van der Waals surface area contributed by atoms with Crippen molar-refractivity contribution in [3.8, 4) is 0 Å². The highest BCUT2D eigenvalue weighted by atomic mass is 19.4. The van der Waals surface area contributed by atoms with Gasteiger partial charge >= 0.3 is 6.18 Å². The molecule has 0 aromatic heterocycles. The number of hydrogen-bond donors (Lipinski definition) is 1. The SMILES string of the molecule is Cc1ccc([N+](=O)[O-])cc1C(=O)N(CCO)CC(F)(F)F. The Labute approximate surface area is 117 Å². The van der Waals surface area contributed by atoms with Gasteiger partial charge in [-0.05, 0) is 12.5 Å². The molecule has 0 heterocycles. The normalized spacial score (nSPS) is 11.3. The fourth-order valence-electron chi connectivity index (χ4n) is 1.71. The molecular formula is C12H13F3N2O4. The van der Waals surface area contributed by atoms with E-state index in [1.807, 2.05) is 0 Å². The van der Waals surface area contributed by atoms with Crippen LogP contribution in [0.15, 0.2) is 18.2 Å². The number of nitro groups is 1. The van der Waals surface area contributed by atoms with Crippen molar-refractivity contribution in [1.82, 2.24) is 4.90 Å². The van der Waals surface area contributed by atoms with E-state index < -0.39 is 36.7 Å². The van der Waals surface area contributed by atoms with E-state index in [0.29, 0.717) is 10.5 Å². The lowest BCUT2D eigenvalue weighted by Gasteiger charge is -2.23. The van der Waals surface area contributed by atoms with Gasteiger partial charge in [-0.25, -0.2) is 0 Å². The Kier molecular flexibility index (Phi) is 5.25. The molecule has 9 heteroatoms. The summed E-state index contributed by atoms with van der Waals surface area (Å²) in [4.78, 5) is 22.4. The lowest BCUT2D eigenvalue weighted by molar-refractivity contribution is -0.384. The van der Waals surface area contributed by atoms with Gasteiger partial charge < -0.3 is 10.0 Å². The Morgan fingerprint density at radius 3 is 2.52 bits per heavy atom. The predicted molar refractivity (Wildman–Crippen MR) is 66.9 cm³/mol. The smallest absolute Gasteiger partial charge is 0.395 e. The van der Waals surface area contributed by atoms with Crippen molar-refractivity contribution in [1.29, 1.82) is 0 Å². The van der Waals surface area contributed by atoms with Gasteiger partial charge in [0.15, 0.2) is 0 Å². The summed E-state index contributed by atoms with van der Waals surface area (Å²) in [5.74, 6) is -1.01. The molecule has 1 aromatic carbocycles. The van der Waals surface area contributed by atoms with E-state index in [-0.39, 0.29) is 11.3 Å². The summed E-state index contributed by atoms with van der Waals surface area (Å²) in [7, 11) is 0. The summed E-state index contributed by atoms with van der Waals surface area (Å²) in [5.41, 5.74) is -0.266. The highest BCUT2D eigenvalue weighted by Crippen LogP contribution is 2.22. The van der Waals surface area contributed by atoms with E-state index in [0.717, 1.165) is 12.1 Å². The topological polar surface area (TPSA) is 83.7 Å². The van der Waals surface area contributed by atoms with Crippen LogP contribution in [-0.2, 0) is 0 Å². The molecule has 6 nitrogen and oxygen atoms in total. The molecule has 0 radical (unpaired) electrons. The van der Waals surface area contributed by atoms with Gasteiger partial charge in [-0.3, -0.25) is 14.9 Å². The van der Waals surface area contributed by atoms with Gasteiger partial charge in [0.25, 0.3) is 11.6 Å². The molecule has 1 aromatic rings. The molecule has 116 valence electrons. The van der Waals surface area contributed by atoms with Crippen LogP contribution in [0.5, 0.6) is 0 Å². The van der Waals surface area contributed by atoms with Crippen LogP contribution in [0.3, 0.4) is 0 Å². The minimum absolute atomic E-state index is 0.193. The van der Waals surface area contributed by atoms with Crippen molar-refractivity contribution in [3.05, 3.63) is 39.4 Å². The molecule has 0 aliphatic heterocycles. The maximum Gasteiger partial charge on any atom is 0.406 e. The zero-order valence-corrected chi connectivity index (χ0v) is 11.1.